The fraction of sp³-hybridized carbons (Fsp3) is 0.429. The normalized spacial score (nSPS) is 11.6. The topological polar surface area (TPSA) is 44.4 Å². The number of thiocarbonyl (C=S) groups is 1. The quantitative estimate of drug-likeness (QED) is 0.829. The summed E-state index contributed by atoms with van der Waals surface area (Å²) in [5, 5.41) is 6.37. The van der Waals surface area contributed by atoms with Gasteiger partial charge in [0.15, 0.2) is 5.11 Å². The van der Waals surface area contributed by atoms with Crippen LogP contribution in [0.15, 0.2) is 24.3 Å². The zero-order valence-electron chi connectivity index (χ0n) is 11.9. The third kappa shape index (κ3) is 4.21. The summed E-state index contributed by atoms with van der Waals surface area (Å²) in [5.74, 6) is -0.0664. The maximum absolute atomic E-state index is 12.2. The van der Waals surface area contributed by atoms with Gasteiger partial charge in [-0.05, 0) is 45.1 Å². The second kappa shape index (κ2) is 7.09. The Morgan fingerprint density at radius 2 is 1.95 bits per heavy atom. The number of rotatable bonds is 4. The number of carbonyl (C=O) groups is 1. The van der Waals surface area contributed by atoms with E-state index < -0.39 is 0 Å². The SMILES string of the molecule is CCN(C(=S)NC)[C@H](C)C(=O)Nc1ccc(C)cc1. The molecule has 0 heterocycles. The maximum Gasteiger partial charge on any atom is 0.246 e. The van der Waals surface area contributed by atoms with Gasteiger partial charge in [-0.1, -0.05) is 17.7 Å². The van der Waals surface area contributed by atoms with E-state index in [4.69, 9.17) is 12.2 Å². The summed E-state index contributed by atoms with van der Waals surface area (Å²) in [4.78, 5) is 14.0. The van der Waals surface area contributed by atoms with Crippen LogP contribution in [0, 0.1) is 6.92 Å². The van der Waals surface area contributed by atoms with Crippen molar-refractivity contribution in [3.63, 3.8) is 0 Å². The van der Waals surface area contributed by atoms with Gasteiger partial charge in [-0.25, -0.2) is 0 Å². The molecule has 1 atom stereocenters. The highest BCUT2D eigenvalue weighted by atomic mass is 32.1. The number of aryl methyl sites for hydroxylation is 1. The molecule has 19 heavy (non-hydrogen) atoms. The van der Waals surface area contributed by atoms with Crippen LogP contribution in [0.3, 0.4) is 0 Å². The lowest BCUT2D eigenvalue weighted by atomic mass is 10.2. The fourth-order valence-electron chi connectivity index (χ4n) is 1.76. The van der Waals surface area contributed by atoms with Crippen molar-refractivity contribution in [1.82, 2.24) is 10.2 Å². The average Bonchev–Trinajstić information content (AvgIpc) is 2.41. The van der Waals surface area contributed by atoms with E-state index in [2.05, 4.69) is 10.6 Å². The minimum absolute atomic E-state index is 0.0664. The van der Waals surface area contributed by atoms with Crippen LogP contribution in [0.25, 0.3) is 0 Å². The number of hydrogen-bond donors (Lipinski definition) is 2. The molecule has 0 aliphatic rings. The zero-order valence-corrected chi connectivity index (χ0v) is 12.7. The summed E-state index contributed by atoms with van der Waals surface area (Å²) in [5.41, 5.74) is 1.96. The number of nitrogens with zero attached hydrogens (tertiary/aromatic N) is 1. The van der Waals surface area contributed by atoms with E-state index in [1.165, 1.54) is 0 Å². The molecule has 0 bridgehead atoms. The number of amides is 1. The maximum atomic E-state index is 12.2. The van der Waals surface area contributed by atoms with Crippen LogP contribution in [0.5, 0.6) is 0 Å². The molecule has 1 aromatic rings. The smallest absolute Gasteiger partial charge is 0.246 e. The minimum Gasteiger partial charge on any atom is -0.366 e. The second-order valence-electron chi connectivity index (χ2n) is 4.37. The molecule has 5 heteroatoms. The van der Waals surface area contributed by atoms with Crippen molar-refractivity contribution in [2.75, 3.05) is 18.9 Å². The van der Waals surface area contributed by atoms with Gasteiger partial charge in [0.25, 0.3) is 0 Å². The lowest BCUT2D eigenvalue weighted by Crippen LogP contribution is -2.48. The van der Waals surface area contributed by atoms with Gasteiger partial charge in [0.2, 0.25) is 5.91 Å². The summed E-state index contributed by atoms with van der Waals surface area (Å²) < 4.78 is 0. The van der Waals surface area contributed by atoms with E-state index in [0.29, 0.717) is 11.7 Å². The molecule has 0 spiro atoms. The van der Waals surface area contributed by atoms with Crippen molar-refractivity contribution < 1.29 is 4.79 Å². The van der Waals surface area contributed by atoms with E-state index in [9.17, 15) is 4.79 Å². The monoisotopic (exact) mass is 279 g/mol. The van der Waals surface area contributed by atoms with Crippen molar-refractivity contribution in [2.45, 2.75) is 26.8 Å². The Morgan fingerprint density at radius 3 is 2.42 bits per heavy atom. The van der Waals surface area contributed by atoms with Gasteiger partial charge < -0.3 is 15.5 Å². The highest BCUT2D eigenvalue weighted by Crippen LogP contribution is 2.10. The molecule has 0 unspecified atom stereocenters. The number of anilines is 1. The second-order valence-corrected chi connectivity index (χ2v) is 4.76. The van der Waals surface area contributed by atoms with Crippen LogP contribution in [0.4, 0.5) is 5.69 Å². The van der Waals surface area contributed by atoms with Crippen LogP contribution in [0.2, 0.25) is 0 Å². The summed E-state index contributed by atoms with van der Waals surface area (Å²) in [7, 11) is 1.76. The Hall–Kier alpha value is -1.62. The summed E-state index contributed by atoms with van der Waals surface area (Å²) >= 11 is 5.19. The Labute approximate surface area is 120 Å². The van der Waals surface area contributed by atoms with Crippen molar-refractivity contribution in [3.8, 4) is 0 Å². The van der Waals surface area contributed by atoms with Crippen molar-refractivity contribution in [3.05, 3.63) is 29.8 Å². The first-order valence-corrected chi connectivity index (χ1v) is 6.76. The Kier molecular flexibility index (Phi) is 5.76. The first kappa shape index (κ1) is 15.4. The number of likely N-dealkylation sites (N-methyl/N-ethyl adjacent to an activating group) is 1. The highest BCUT2D eigenvalue weighted by Gasteiger charge is 2.21. The first-order valence-electron chi connectivity index (χ1n) is 6.35. The average molecular weight is 279 g/mol. The Balaban J connectivity index is 2.71. The van der Waals surface area contributed by atoms with Crippen LogP contribution < -0.4 is 10.6 Å². The van der Waals surface area contributed by atoms with E-state index >= 15 is 0 Å². The molecule has 0 aliphatic heterocycles. The van der Waals surface area contributed by atoms with Crippen LogP contribution in [-0.2, 0) is 4.79 Å². The predicted molar refractivity (Wildman–Crippen MR) is 83.3 cm³/mol. The van der Waals surface area contributed by atoms with E-state index in [0.717, 1.165) is 11.3 Å². The van der Waals surface area contributed by atoms with Gasteiger partial charge in [0, 0.05) is 19.3 Å². The first-order chi connectivity index (χ1) is 8.99. The molecule has 1 aromatic carbocycles. The molecule has 0 aliphatic carbocycles. The molecule has 2 N–H and O–H groups in total. The third-order valence-electron chi connectivity index (χ3n) is 2.98. The molecule has 0 saturated heterocycles. The summed E-state index contributed by atoms with van der Waals surface area (Å²) in [6, 6.07) is 7.41. The highest BCUT2D eigenvalue weighted by molar-refractivity contribution is 7.80. The fourth-order valence-corrected chi connectivity index (χ4v) is 2.05. The van der Waals surface area contributed by atoms with E-state index in [1.54, 1.807) is 7.05 Å². The molecule has 1 amide bonds. The van der Waals surface area contributed by atoms with Gasteiger partial charge >= 0.3 is 0 Å². The van der Waals surface area contributed by atoms with Gasteiger partial charge in [-0.15, -0.1) is 0 Å². The largest absolute Gasteiger partial charge is 0.366 e. The van der Waals surface area contributed by atoms with Gasteiger partial charge in [0.1, 0.15) is 6.04 Å². The number of benzene rings is 1. The minimum atomic E-state index is -0.314. The van der Waals surface area contributed by atoms with Gasteiger partial charge in [0.05, 0.1) is 0 Å². The lowest BCUT2D eigenvalue weighted by molar-refractivity contribution is -0.119. The molecule has 0 fully saturated rings. The summed E-state index contributed by atoms with van der Waals surface area (Å²) in [6.45, 7) is 6.51. The number of hydrogen-bond acceptors (Lipinski definition) is 2. The van der Waals surface area contributed by atoms with Crippen LogP contribution >= 0.6 is 12.2 Å². The van der Waals surface area contributed by atoms with Crippen LogP contribution in [0.1, 0.15) is 19.4 Å². The van der Waals surface area contributed by atoms with Crippen molar-refractivity contribution in [1.29, 1.82) is 0 Å². The molecule has 4 nitrogen and oxygen atoms in total. The molecule has 104 valence electrons. The molecular weight excluding hydrogens is 258 g/mol. The molecule has 0 saturated carbocycles. The predicted octanol–water partition coefficient (Wildman–Crippen LogP) is 2.15. The lowest BCUT2D eigenvalue weighted by Gasteiger charge is -2.29. The third-order valence-corrected chi connectivity index (χ3v) is 3.42. The van der Waals surface area contributed by atoms with Gasteiger partial charge in [-0.3, -0.25) is 4.79 Å². The zero-order chi connectivity index (χ0) is 14.4. The van der Waals surface area contributed by atoms with E-state index in [1.807, 2.05) is 49.9 Å². The van der Waals surface area contributed by atoms with Gasteiger partial charge in [-0.2, -0.15) is 0 Å². The van der Waals surface area contributed by atoms with Crippen molar-refractivity contribution in [2.24, 2.45) is 0 Å². The molecule has 0 aromatic heterocycles. The number of carbonyl (C=O) groups excluding carboxylic acids is 1. The molecule has 0 radical (unpaired) electrons. The standard InChI is InChI=1S/C14H21N3OS/c1-5-17(14(19)15-4)11(3)13(18)16-12-8-6-10(2)7-9-12/h6-9,11H,5H2,1-4H3,(H,15,19)(H,16,18)/t11-/m1/s1. The van der Waals surface area contributed by atoms with Crippen LogP contribution in [-0.4, -0.2) is 35.6 Å². The summed E-state index contributed by atoms with van der Waals surface area (Å²) in [6.07, 6.45) is 0. The van der Waals surface area contributed by atoms with E-state index in [-0.39, 0.29) is 11.9 Å². The Bertz CT molecular complexity index is 445. The molecular formula is C14H21N3OS. The Morgan fingerprint density at radius 1 is 1.37 bits per heavy atom. The number of nitrogens with one attached hydrogen (secondary N) is 2. The molecule has 1 rings (SSSR count). The van der Waals surface area contributed by atoms with Crippen molar-refractivity contribution >= 4 is 28.9 Å².